The summed E-state index contributed by atoms with van der Waals surface area (Å²) in [5.41, 5.74) is 2.09. The van der Waals surface area contributed by atoms with Gasteiger partial charge in [0.15, 0.2) is 5.13 Å². The van der Waals surface area contributed by atoms with E-state index in [9.17, 15) is 13.9 Å². The first-order valence-corrected chi connectivity index (χ1v) is 11.7. The number of aliphatic hydroxyl groups is 1. The molecule has 2 atom stereocenters. The summed E-state index contributed by atoms with van der Waals surface area (Å²) < 4.78 is 33.3. The fourth-order valence-corrected chi connectivity index (χ4v) is 4.93. The molecule has 2 N–H and O–H groups in total. The van der Waals surface area contributed by atoms with Crippen LogP contribution < -0.4 is 10.1 Å². The van der Waals surface area contributed by atoms with Gasteiger partial charge in [-0.05, 0) is 31.0 Å². The van der Waals surface area contributed by atoms with Gasteiger partial charge in [-0.2, -0.15) is 5.10 Å². The molecule has 7 nitrogen and oxygen atoms in total. The number of hydrogen-bond donors (Lipinski definition) is 2. The number of anilines is 1. The Hall–Kier alpha value is -3.11. The van der Waals surface area contributed by atoms with Crippen molar-refractivity contribution in [1.82, 2.24) is 19.7 Å². The van der Waals surface area contributed by atoms with E-state index >= 15 is 0 Å². The fraction of sp³-hybridized carbons (Fsp3) is 0.348. The summed E-state index contributed by atoms with van der Waals surface area (Å²) in [4.78, 5) is 8.94. The topological polar surface area (TPSA) is 85.1 Å². The molecule has 1 fully saturated rings. The number of ether oxygens (including phenoxy) is 1. The third-order valence-corrected chi connectivity index (χ3v) is 6.57. The first kappa shape index (κ1) is 21.7. The van der Waals surface area contributed by atoms with Crippen LogP contribution in [0.5, 0.6) is 11.5 Å². The molecule has 33 heavy (non-hydrogen) atoms. The lowest BCUT2D eigenvalue weighted by atomic mass is 9.93. The van der Waals surface area contributed by atoms with Crippen molar-refractivity contribution in [1.29, 1.82) is 0 Å². The number of pyridine rings is 1. The zero-order valence-electron chi connectivity index (χ0n) is 17.7. The maximum atomic E-state index is 12.6. The van der Waals surface area contributed by atoms with Gasteiger partial charge in [-0.3, -0.25) is 9.67 Å². The minimum atomic E-state index is -2.47. The van der Waals surface area contributed by atoms with Crippen LogP contribution in [0.4, 0.5) is 13.9 Å². The lowest BCUT2D eigenvalue weighted by molar-refractivity contribution is 0.116. The van der Waals surface area contributed by atoms with Gasteiger partial charge in [-0.25, -0.2) is 13.8 Å². The normalized spacial score (nSPS) is 18.7. The van der Waals surface area contributed by atoms with Gasteiger partial charge < -0.3 is 15.2 Å². The van der Waals surface area contributed by atoms with Crippen LogP contribution in [0.3, 0.4) is 0 Å². The highest BCUT2D eigenvalue weighted by molar-refractivity contribution is 7.22. The molecule has 4 aromatic rings. The molecule has 0 spiro atoms. The van der Waals surface area contributed by atoms with Crippen molar-refractivity contribution in [2.45, 2.75) is 50.8 Å². The Morgan fingerprint density at radius 1 is 1.18 bits per heavy atom. The van der Waals surface area contributed by atoms with Crippen LogP contribution in [0, 0.1) is 0 Å². The molecule has 1 aliphatic carbocycles. The van der Waals surface area contributed by atoms with Gasteiger partial charge >= 0.3 is 0 Å². The predicted molar refractivity (Wildman–Crippen MR) is 123 cm³/mol. The Kier molecular flexibility index (Phi) is 6.19. The zero-order chi connectivity index (χ0) is 22.8. The SMILES string of the molecule is O[C@@H]1CCCC[C@H]1Nc1nc2ccc(Oc3ccnc(-c4cnn(CC(F)F)c4)c3)cc2s1. The summed E-state index contributed by atoms with van der Waals surface area (Å²) >= 11 is 1.53. The summed E-state index contributed by atoms with van der Waals surface area (Å²) in [7, 11) is 0. The minimum Gasteiger partial charge on any atom is -0.457 e. The largest absolute Gasteiger partial charge is 0.457 e. The van der Waals surface area contributed by atoms with Crippen LogP contribution in [0.1, 0.15) is 25.7 Å². The number of nitrogens with one attached hydrogen (secondary N) is 1. The second-order valence-electron chi connectivity index (χ2n) is 8.07. The fourth-order valence-electron chi connectivity index (χ4n) is 3.97. The highest BCUT2D eigenvalue weighted by Gasteiger charge is 2.23. The monoisotopic (exact) mass is 471 g/mol. The molecule has 0 saturated heterocycles. The Morgan fingerprint density at radius 2 is 2.03 bits per heavy atom. The van der Waals surface area contributed by atoms with Crippen LogP contribution in [-0.4, -0.2) is 43.4 Å². The molecule has 0 unspecified atom stereocenters. The van der Waals surface area contributed by atoms with Crippen molar-refractivity contribution in [3.05, 3.63) is 48.9 Å². The average Bonchev–Trinajstić information content (AvgIpc) is 3.41. The third-order valence-electron chi connectivity index (χ3n) is 5.62. The maximum absolute atomic E-state index is 12.6. The van der Waals surface area contributed by atoms with Crippen molar-refractivity contribution >= 4 is 26.7 Å². The Balaban J connectivity index is 1.31. The molecule has 1 aromatic carbocycles. The smallest absolute Gasteiger partial charge is 0.257 e. The average molecular weight is 472 g/mol. The van der Waals surface area contributed by atoms with E-state index in [2.05, 4.69) is 20.4 Å². The lowest BCUT2D eigenvalue weighted by Crippen LogP contribution is -2.36. The molecule has 5 rings (SSSR count). The lowest BCUT2D eigenvalue weighted by Gasteiger charge is -2.27. The minimum absolute atomic E-state index is 0.0373. The molecule has 0 aliphatic heterocycles. The van der Waals surface area contributed by atoms with Crippen molar-refractivity contribution < 1.29 is 18.6 Å². The number of nitrogens with zero attached hydrogens (tertiary/aromatic N) is 4. The van der Waals surface area contributed by atoms with Gasteiger partial charge in [0.25, 0.3) is 6.43 Å². The number of aliphatic hydroxyl groups excluding tert-OH is 1. The Labute approximate surface area is 193 Å². The summed E-state index contributed by atoms with van der Waals surface area (Å²) in [6, 6.07) is 9.20. The number of hydrogen-bond acceptors (Lipinski definition) is 7. The van der Waals surface area contributed by atoms with Crippen LogP contribution in [-0.2, 0) is 6.54 Å². The highest BCUT2D eigenvalue weighted by Crippen LogP contribution is 2.33. The molecule has 3 heterocycles. The van der Waals surface area contributed by atoms with Crippen LogP contribution in [0.15, 0.2) is 48.9 Å². The summed E-state index contributed by atoms with van der Waals surface area (Å²) in [5, 5.41) is 18.3. The predicted octanol–water partition coefficient (Wildman–Crippen LogP) is 5.33. The van der Waals surface area contributed by atoms with E-state index < -0.39 is 13.0 Å². The van der Waals surface area contributed by atoms with Gasteiger partial charge in [0.05, 0.1) is 34.3 Å². The third kappa shape index (κ3) is 5.12. The Morgan fingerprint density at radius 3 is 2.88 bits per heavy atom. The van der Waals surface area contributed by atoms with Crippen LogP contribution in [0.2, 0.25) is 0 Å². The second kappa shape index (κ2) is 9.40. The highest BCUT2D eigenvalue weighted by atomic mass is 32.1. The number of rotatable bonds is 7. The standard InChI is InChI=1S/C23H23F2N5O2S/c24-22(25)13-30-12-14(11-27-30)19-9-16(7-8-26-19)32-15-5-6-18-21(10-15)33-23(29-18)28-17-3-1-2-4-20(17)31/h5-12,17,20,22,31H,1-4,13H2,(H,28,29)/t17-,20-/m1/s1. The molecule has 0 amide bonds. The van der Waals surface area contributed by atoms with E-state index in [1.165, 1.54) is 22.2 Å². The summed E-state index contributed by atoms with van der Waals surface area (Å²) in [6.45, 7) is -0.457. The molecule has 3 aromatic heterocycles. The van der Waals surface area contributed by atoms with E-state index in [-0.39, 0.29) is 12.1 Å². The number of halogens is 2. The maximum Gasteiger partial charge on any atom is 0.257 e. The van der Waals surface area contributed by atoms with Gasteiger partial charge in [0.1, 0.15) is 18.0 Å². The number of benzene rings is 1. The number of alkyl halides is 2. The van der Waals surface area contributed by atoms with E-state index in [4.69, 9.17) is 4.74 Å². The van der Waals surface area contributed by atoms with Crippen LogP contribution in [0.25, 0.3) is 21.5 Å². The molecule has 0 radical (unpaired) electrons. The van der Waals surface area contributed by atoms with E-state index in [1.54, 1.807) is 24.5 Å². The molecular weight excluding hydrogens is 448 g/mol. The number of thiazole rings is 1. The first-order chi connectivity index (χ1) is 16.0. The van der Waals surface area contributed by atoms with Crippen LogP contribution >= 0.6 is 11.3 Å². The van der Waals surface area contributed by atoms with Gasteiger partial charge in [0.2, 0.25) is 0 Å². The first-order valence-electron chi connectivity index (χ1n) is 10.8. The van der Waals surface area contributed by atoms with E-state index in [1.807, 2.05) is 18.2 Å². The molecular formula is C23H23F2N5O2S. The van der Waals surface area contributed by atoms with E-state index in [0.29, 0.717) is 22.8 Å². The molecule has 172 valence electrons. The Bertz CT molecular complexity index is 1240. The molecule has 0 bridgehead atoms. The van der Waals surface area contributed by atoms with Crippen molar-refractivity contribution in [3.63, 3.8) is 0 Å². The number of aromatic nitrogens is 4. The van der Waals surface area contributed by atoms with Gasteiger partial charge in [0, 0.05) is 30.1 Å². The second-order valence-corrected chi connectivity index (χ2v) is 9.10. The molecule has 1 saturated carbocycles. The van der Waals surface area contributed by atoms with Crippen molar-refractivity contribution in [2.24, 2.45) is 0 Å². The summed E-state index contributed by atoms with van der Waals surface area (Å²) in [6.07, 6.45) is 5.79. The van der Waals surface area contributed by atoms with Gasteiger partial charge in [-0.1, -0.05) is 24.2 Å². The molecule has 10 heteroatoms. The van der Waals surface area contributed by atoms with Crippen molar-refractivity contribution in [2.75, 3.05) is 5.32 Å². The van der Waals surface area contributed by atoms with Crippen molar-refractivity contribution in [3.8, 4) is 22.8 Å². The van der Waals surface area contributed by atoms with Gasteiger partial charge in [-0.15, -0.1) is 0 Å². The summed E-state index contributed by atoms with van der Waals surface area (Å²) in [5.74, 6) is 1.23. The van der Waals surface area contributed by atoms with E-state index in [0.717, 1.165) is 41.0 Å². The zero-order valence-corrected chi connectivity index (χ0v) is 18.5. The number of fused-ring (bicyclic) bond motifs is 1. The molecule has 1 aliphatic rings. The quantitative estimate of drug-likeness (QED) is 0.379.